The molecule has 2 aromatic carbocycles. The normalized spacial score (nSPS) is 11.7. The molecule has 3 aromatic heterocycles. The lowest BCUT2D eigenvalue weighted by molar-refractivity contribution is -0.274. The van der Waals surface area contributed by atoms with Gasteiger partial charge in [0.1, 0.15) is 23.6 Å². The van der Waals surface area contributed by atoms with Gasteiger partial charge in [0.05, 0.1) is 12.3 Å². The molecule has 0 aliphatic heterocycles. The Morgan fingerprint density at radius 3 is 2.36 bits per heavy atom. The van der Waals surface area contributed by atoms with Crippen LogP contribution in [0.25, 0.3) is 28.2 Å². The molecule has 0 aliphatic rings. The molecule has 5 rings (SSSR count). The molecular weight excluding hydrogens is 479 g/mol. The summed E-state index contributed by atoms with van der Waals surface area (Å²) in [5, 5.41) is 8.32. The zero-order valence-electron chi connectivity index (χ0n) is 18.8. The average Bonchev–Trinajstić information content (AvgIpc) is 3.49. The van der Waals surface area contributed by atoms with Gasteiger partial charge in [-0.2, -0.15) is 10.1 Å². The quantitative estimate of drug-likeness (QED) is 0.325. The molecule has 12 heteroatoms. The van der Waals surface area contributed by atoms with Crippen molar-refractivity contribution in [2.24, 2.45) is 0 Å². The second kappa shape index (κ2) is 9.21. The molecule has 0 N–H and O–H groups in total. The van der Waals surface area contributed by atoms with E-state index in [2.05, 4.69) is 20.0 Å². The number of hydrogen-bond donors (Lipinski definition) is 0. The maximum Gasteiger partial charge on any atom is 0.573 e. The highest BCUT2D eigenvalue weighted by atomic mass is 19.4. The standard InChI is InChI=1S/C24H18F3N5O4/c1-2-34-17-7-3-15(4-8-17)19-13-20-23(33)31(11-12-32(20)29-19)14-21-28-22(30-36-21)16-5-9-18(10-6-16)35-24(25,26)27/h3-13H,2,14H2,1H3. The van der Waals surface area contributed by atoms with Crippen molar-refractivity contribution < 1.29 is 27.2 Å². The number of ether oxygens (including phenoxy) is 2. The molecule has 0 spiro atoms. The largest absolute Gasteiger partial charge is 0.573 e. The van der Waals surface area contributed by atoms with Crippen LogP contribution in [0.1, 0.15) is 12.8 Å². The third-order valence-corrected chi connectivity index (χ3v) is 5.18. The fourth-order valence-electron chi connectivity index (χ4n) is 3.57. The van der Waals surface area contributed by atoms with E-state index in [-0.39, 0.29) is 29.6 Å². The summed E-state index contributed by atoms with van der Waals surface area (Å²) in [6.45, 7) is 2.48. The maximum absolute atomic E-state index is 13.0. The van der Waals surface area contributed by atoms with Gasteiger partial charge in [-0.3, -0.25) is 4.79 Å². The second-order valence-corrected chi connectivity index (χ2v) is 7.63. The van der Waals surface area contributed by atoms with Crippen LogP contribution in [0.2, 0.25) is 0 Å². The Bertz CT molecular complexity index is 1550. The van der Waals surface area contributed by atoms with Crippen molar-refractivity contribution in [2.45, 2.75) is 19.8 Å². The van der Waals surface area contributed by atoms with E-state index in [1.807, 2.05) is 31.2 Å². The van der Waals surface area contributed by atoms with Crippen molar-refractivity contribution in [2.75, 3.05) is 6.61 Å². The summed E-state index contributed by atoms with van der Waals surface area (Å²) in [6.07, 6.45) is -1.58. The van der Waals surface area contributed by atoms with Gasteiger partial charge in [-0.1, -0.05) is 5.16 Å². The number of benzene rings is 2. The van der Waals surface area contributed by atoms with E-state index < -0.39 is 6.36 Å². The van der Waals surface area contributed by atoms with E-state index in [4.69, 9.17) is 9.26 Å². The van der Waals surface area contributed by atoms with Crippen molar-refractivity contribution in [1.29, 1.82) is 0 Å². The van der Waals surface area contributed by atoms with E-state index in [1.54, 1.807) is 18.5 Å². The Balaban J connectivity index is 1.35. The third kappa shape index (κ3) is 4.92. The molecule has 0 unspecified atom stereocenters. The Hall–Kier alpha value is -4.61. The van der Waals surface area contributed by atoms with Gasteiger partial charge in [0.25, 0.3) is 5.56 Å². The van der Waals surface area contributed by atoms with Crippen LogP contribution in [0.4, 0.5) is 13.2 Å². The Morgan fingerprint density at radius 1 is 0.972 bits per heavy atom. The molecule has 36 heavy (non-hydrogen) atoms. The van der Waals surface area contributed by atoms with Crippen molar-refractivity contribution >= 4 is 5.52 Å². The Kier molecular flexibility index (Phi) is 5.92. The fourth-order valence-corrected chi connectivity index (χ4v) is 3.57. The predicted molar refractivity (Wildman–Crippen MR) is 122 cm³/mol. The van der Waals surface area contributed by atoms with E-state index in [0.717, 1.165) is 23.4 Å². The highest BCUT2D eigenvalue weighted by Crippen LogP contribution is 2.26. The first-order valence-electron chi connectivity index (χ1n) is 10.8. The monoisotopic (exact) mass is 497 g/mol. The van der Waals surface area contributed by atoms with Crippen LogP contribution in [0.5, 0.6) is 11.5 Å². The van der Waals surface area contributed by atoms with Crippen molar-refractivity contribution in [1.82, 2.24) is 24.3 Å². The summed E-state index contributed by atoms with van der Waals surface area (Å²) in [4.78, 5) is 17.3. The number of alkyl halides is 3. The van der Waals surface area contributed by atoms with Gasteiger partial charge in [0.2, 0.25) is 11.7 Å². The zero-order valence-corrected chi connectivity index (χ0v) is 18.8. The molecule has 0 amide bonds. The van der Waals surface area contributed by atoms with Crippen LogP contribution >= 0.6 is 0 Å². The number of fused-ring (bicyclic) bond motifs is 1. The van der Waals surface area contributed by atoms with Crippen molar-refractivity contribution in [3.8, 4) is 34.1 Å². The summed E-state index contributed by atoms with van der Waals surface area (Å²) in [6, 6.07) is 14.2. The number of aromatic nitrogens is 5. The zero-order chi connectivity index (χ0) is 25.3. The van der Waals surface area contributed by atoms with Gasteiger partial charge in [0.15, 0.2) is 0 Å². The van der Waals surface area contributed by atoms with E-state index in [0.29, 0.717) is 23.4 Å². The molecular formula is C24H18F3N5O4. The van der Waals surface area contributed by atoms with Gasteiger partial charge in [-0.25, -0.2) is 4.52 Å². The molecule has 9 nitrogen and oxygen atoms in total. The Morgan fingerprint density at radius 2 is 1.67 bits per heavy atom. The molecule has 0 radical (unpaired) electrons. The van der Waals surface area contributed by atoms with E-state index >= 15 is 0 Å². The summed E-state index contributed by atoms with van der Waals surface area (Å²) >= 11 is 0. The lowest BCUT2D eigenvalue weighted by Crippen LogP contribution is -2.21. The Labute approximate surface area is 201 Å². The smallest absolute Gasteiger partial charge is 0.494 e. The van der Waals surface area contributed by atoms with E-state index in [9.17, 15) is 18.0 Å². The lowest BCUT2D eigenvalue weighted by Gasteiger charge is -2.08. The first-order chi connectivity index (χ1) is 17.3. The van der Waals surface area contributed by atoms with Gasteiger partial charge >= 0.3 is 6.36 Å². The number of hydrogen-bond acceptors (Lipinski definition) is 7. The maximum atomic E-state index is 13.0. The lowest BCUT2D eigenvalue weighted by atomic mass is 10.1. The number of nitrogens with zero attached hydrogens (tertiary/aromatic N) is 5. The minimum absolute atomic E-state index is 0.00116. The van der Waals surface area contributed by atoms with E-state index in [1.165, 1.54) is 21.2 Å². The minimum atomic E-state index is -4.78. The molecule has 0 fully saturated rings. The second-order valence-electron chi connectivity index (χ2n) is 7.63. The minimum Gasteiger partial charge on any atom is -0.494 e. The van der Waals surface area contributed by atoms with Crippen LogP contribution in [0.3, 0.4) is 0 Å². The summed E-state index contributed by atoms with van der Waals surface area (Å²) < 4.78 is 54.4. The van der Waals surface area contributed by atoms with Crippen LogP contribution < -0.4 is 15.0 Å². The summed E-state index contributed by atoms with van der Waals surface area (Å²) in [5.74, 6) is 0.704. The average molecular weight is 497 g/mol. The topological polar surface area (TPSA) is 96.7 Å². The third-order valence-electron chi connectivity index (χ3n) is 5.18. The highest BCUT2D eigenvalue weighted by Gasteiger charge is 2.31. The van der Waals surface area contributed by atoms with Crippen molar-refractivity contribution in [3.05, 3.63) is 83.2 Å². The molecule has 0 saturated heterocycles. The SMILES string of the molecule is CCOc1ccc(-c2cc3c(=O)n(Cc4nc(-c5ccc(OC(F)(F)F)cc5)no4)ccn3n2)cc1. The van der Waals surface area contributed by atoms with Crippen LogP contribution in [-0.4, -0.2) is 37.3 Å². The van der Waals surface area contributed by atoms with Gasteiger partial charge in [0, 0.05) is 23.5 Å². The molecule has 184 valence electrons. The molecule has 0 atom stereocenters. The number of rotatable bonds is 7. The molecule has 0 bridgehead atoms. The van der Waals surface area contributed by atoms with Gasteiger partial charge < -0.3 is 18.6 Å². The van der Waals surface area contributed by atoms with Gasteiger partial charge in [-0.05, 0) is 61.5 Å². The van der Waals surface area contributed by atoms with Crippen LogP contribution in [-0.2, 0) is 6.54 Å². The molecule has 0 saturated carbocycles. The van der Waals surface area contributed by atoms with Crippen molar-refractivity contribution in [3.63, 3.8) is 0 Å². The van der Waals surface area contributed by atoms with Gasteiger partial charge in [-0.15, -0.1) is 13.2 Å². The summed E-state index contributed by atoms with van der Waals surface area (Å²) in [7, 11) is 0. The molecule has 0 aliphatic carbocycles. The predicted octanol–water partition coefficient (Wildman–Crippen LogP) is 4.56. The molecule has 5 aromatic rings. The number of halogens is 3. The van der Waals surface area contributed by atoms with Crippen LogP contribution in [0.15, 0.2) is 76.3 Å². The fraction of sp³-hybridized carbons (Fsp3) is 0.167. The summed E-state index contributed by atoms with van der Waals surface area (Å²) in [5.41, 5.74) is 1.95. The van der Waals surface area contributed by atoms with Crippen LogP contribution in [0, 0.1) is 0 Å². The molecule has 3 heterocycles. The first-order valence-corrected chi connectivity index (χ1v) is 10.8. The first kappa shape index (κ1) is 23.1. The highest BCUT2D eigenvalue weighted by molar-refractivity contribution is 5.66.